The zero-order valence-corrected chi connectivity index (χ0v) is 13.4. The molecule has 2 aromatic rings. The van der Waals surface area contributed by atoms with Crippen molar-refractivity contribution in [2.75, 3.05) is 10.6 Å². The third-order valence-corrected chi connectivity index (χ3v) is 3.30. The lowest BCUT2D eigenvalue weighted by molar-refractivity contribution is -0.111. The van der Waals surface area contributed by atoms with Gasteiger partial charge in [-0.05, 0) is 43.7 Å². The monoisotopic (exact) mass is 328 g/mol. The van der Waals surface area contributed by atoms with Crippen LogP contribution >= 0.6 is 0 Å². The number of carbonyl (C=O) groups is 2. The second-order valence-electron chi connectivity index (χ2n) is 5.03. The number of anilines is 2. The number of halogens is 1. The summed E-state index contributed by atoms with van der Waals surface area (Å²) in [5.74, 6) is -1.54. The van der Waals surface area contributed by atoms with Crippen LogP contribution in [0.25, 0.3) is 0 Å². The van der Waals surface area contributed by atoms with Crippen LogP contribution in [0.4, 0.5) is 15.8 Å². The summed E-state index contributed by atoms with van der Waals surface area (Å²) >= 11 is 0. The number of rotatable bonds is 5. The van der Waals surface area contributed by atoms with E-state index in [1.807, 2.05) is 6.92 Å². The van der Waals surface area contributed by atoms with E-state index in [9.17, 15) is 14.0 Å². The lowest BCUT2D eigenvalue weighted by Crippen LogP contribution is -2.16. The molecule has 0 spiro atoms. The van der Waals surface area contributed by atoms with Gasteiger partial charge in [-0.15, -0.1) is 0 Å². The quantitative estimate of drug-likeness (QED) is 0.827. The maximum Gasteiger partial charge on any atom is 0.257 e. The Kier molecular flexibility index (Phi) is 5.36. The Labute approximate surface area is 138 Å². The molecule has 2 amide bonds. The lowest BCUT2D eigenvalue weighted by atomic mass is 10.1. The topological polar surface area (TPSA) is 84.0 Å². The Morgan fingerprint density at radius 2 is 2.00 bits per heavy atom. The minimum absolute atomic E-state index is 0.0449. The second kappa shape index (κ2) is 7.45. The Bertz CT molecular complexity index is 805. The molecule has 2 N–H and O–H groups in total. The van der Waals surface area contributed by atoms with Crippen molar-refractivity contribution in [1.82, 2.24) is 10.2 Å². The molecule has 1 aromatic carbocycles. The molecule has 0 fully saturated rings. The molecular formula is C17H17FN4O2. The summed E-state index contributed by atoms with van der Waals surface area (Å²) in [4.78, 5) is 23.7. The van der Waals surface area contributed by atoms with Crippen molar-refractivity contribution in [1.29, 1.82) is 0 Å². The highest BCUT2D eigenvalue weighted by molar-refractivity contribution is 6.05. The highest BCUT2D eigenvalue weighted by Gasteiger charge is 2.13. The van der Waals surface area contributed by atoms with Gasteiger partial charge in [0, 0.05) is 5.69 Å². The summed E-state index contributed by atoms with van der Waals surface area (Å²) in [6.45, 7) is 6.90. The van der Waals surface area contributed by atoms with E-state index in [4.69, 9.17) is 0 Å². The Morgan fingerprint density at radius 1 is 1.25 bits per heavy atom. The number of hydrogen-bond acceptors (Lipinski definition) is 4. The molecule has 0 saturated carbocycles. The van der Waals surface area contributed by atoms with Crippen LogP contribution in [-0.2, 0) is 11.2 Å². The van der Waals surface area contributed by atoms with Crippen molar-refractivity contribution < 1.29 is 14.0 Å². The lowest BCUT2D eigenvalue weighted by Gasteiger charge is -2.10. The normalized spacial score (nSPS) is 10.1. The molecule has 0 aliphatic rings. The third kappa shape index (κ3) is 4.01. The predicted molar refractivity (Wildman–Crippen MR) is 89.3 cm³/mol. The van der Waals surface area contributed by atoms with Gasteiger partial charge >= 0.3 is 0 Å². The van der Waals surface area contributed by atoms with Crippen molar-refractivity contribution in [3.05, 3.63) is 59.7 Å². The van der Waals surface area contributed by atoms with Crippen molar-refractivity contribution in [3.8, 4) is 0 Å². The maximum atomic E-state index is 13.7. The van der Waals surface area contributed by atoms with Crippen LogP contribution in [0.5, 0.6) is 0 Å². The molecule has 0 saturated heterocycles. The predicted octanol–water partition coefficient (Wildman–Crippen LogP) is 2.86. The number of nitrogens with one attached hydrogen (secondary N) is 2. The highest BCUT2D eigenvalue weighted by Crippen LogP contribution is 2.20. The van der Waals surface area contributed by atoms with Gasteiger partial charge in [0.25, 0.3) is 5.91 Å². The number of aromatic nitrogens is 2. The van der Waals surface area contributed by atoms with Crippen LogP contribution < -0.4 is 10.6 Å². The van der Waals surface area contributed by atoms with E-state index in [1.54, 1.807) is 13.0 Å². The summed E-state index contributed by atoms with van der Waals surface area (Å²) in [7, 11) is 0. The van der Waals surface area contributed by atoms with Crippen LogP contribution in [0.15, 0.2) is 36.9 Å². The van der Waals surface area contributed by atoms with Gasteiger partial charge in [0.05, 0.1) is 22.6 Å². The van der Waals surface area contributed by atoms with E-state index in [0.29, 0.717) is 29.1 Å². The number of amides is 2. The summed E-state index contributed by atoms with van der Waals surface area (Å²) in [5.41, 5.74) is 1.88. The van der Waals surface area contributed by atoms with Crippen LogP contribution in [-0.4, -0.2) is 22.0 Å². The van der Waals surface area contributed by atoms with E-state index in [2.05, 4.69) is 27.4 Å². The molecule has 0 aliphatic carbocycles. The standard InChI is InChI=1S/C17H17FN4O2/c1-4-11-8-13(10(3)21-22-11)17(24)19-12-6-7-14(18)15(9-12)20-16(23)5-2/h5-9H,2,4H2,1,3H3,(H,19,24)(H,20,23). The van der Waals surface area contributed by atoms with E-state index in [0.717, 1.165) is 12.1 Å². The zero-order chi connectivity index (χ0) is 17.7. The minimum Gasteiger partial charge on any atom is -0.322 e. The fourth-order valence-electron chi connectivity index (χ4n) is 1.98. The molecule has 0 atom stereocenters. The number of nitrogens with zero attached hydrogens (tertiary/aromatic N) is 2. The zero-order valence-electron chi connectivity index (χ0n) is 13.4. The van der Waals surface area contributed by atoms with Crippen molar-refractivity contribution in [2.45, 2.75) is 20.3 Å². The second-order valence-corrected chi connectivity index (χ2v) is 5.03. The molecular weight excluding hydrogens is 311 g/mol. The van der Waals surface area contributed by atoms with Gasteiger partial charge in [-0.25, -0.2) is 4.39 Å². The molecule has 2 rings (SSSR count). The number of carbonyl (C=O) groups excluding carboxylic acids is 2. The number of benzene rings is 1. The summed E-state index contributed by atoms with van der Waals surface area (Å²) in [6, 6.07) is 5.56. The molecule has 0 unspecified atom stereocenters. The molecule has 0 radical (unpaired) electrons. The first-order valence-electron chi connectivity index (χ1n) is 7.32. The van der Waals surface area contributed by atoms with Crippen molar-refractivity contribution >= 4 is 23.2 Å². The fourth-order valence-corrected chi connectivity index (χ4v) is 1.98. The summed E-state index contributed by atoms with van der Waals surface area (Å²) in [6.07, 6.45) is 1.69. The van der Waals surface area contributed by atoms with Gasteiger partial charge in [0.1, 0.15) is 5.82 Å². The average molecular weight is 328 g/mol. The van der Waals surface area contributed by atoms with Gasteiger partial charge in [-0.3, -0.25) is 9.59 Å². The summed E-state index contributed by atoms with van der Waals surface area (Å²) in [5, 5.41) is 12.9. The SMILES string of the molecule is C=CC(=O)Nc1cc(NC(=O)c2cc(CC)nnc2C)ccc1F. The highest BCUT2D eigenvalue weighted by atomic mass is 19.1. The van der Waals surface area contributed by atoms with E-state index < -0.39 is 11.7 Å². The molecule has 24 heavy (non-hydrogen) atoms. The summed E-state index contributed by atoms with van der Waals surface area (Å²) < 4.78 is 13.7. The minimum atomic E-state index is -0.613. The van der Waals surface area contributed by atoms with E-state index in [1.165, 1.54) is 12.1 Å². The Balaban J connectivity index is 2.24. The van der Waals surface area contributed by atoms with Gasteiger partial charge in [0.2, 0.25) is 5.91 Å². The number of aryl methyl sites for hydroxylation is 2. The van der Waals surface area contributed by atoms with Crippen LogP contribution in [0.3, 0.4) is 0 Å². The third-order valence-electron chi connectivity index (χ3n) is 3.30. The molecule has 1 heterocycles. The van der Waals surface area contributed by atoms with Crippen molar-refractivity contribution in [2.24, 2.45) is 0 Å². The van der Waals surface area contributed by atoms with Gasteiger partial charge in [-0.1, -0.05) is 13.5 Å². The smallest absolute Gasteiger partial charge is 0.257 e. The molecule has 124 valence electrons. The van der Waals surface area contributed by atoms with Gasteiger partial charge < -0.3 is 10.6 Å². The molecule has 0 bridgehead atoms. The fraction of sp³-hybridized carbons (Fsp3) is 0.176. The van der Waals surface area contributed by atoms with Crippen LogP contribution in [0.2, 0.25) is 0 Å². The first-order chi connectivity index (χ1) is 11.4. The molecule has 6 nitrogen and oxygen atoms in total. The largest absolute Gasteiger partial charge is 0.322 e. The van der Waals surface area contributed by atoms with Gasteiger partial charge in [0.15, 0.2) is 0 Å². The number of hydrogen-bond donors (Lipinski definition) is 2. The van der Waals surface area contributed by atoms with E-state index in [-0.39, 0.29) is 11.6 Å². The van der Waals surface area contributed by atoms with Gasteiger partial charge in [-0.2, -0.15) is 10.2 Å². The van der Waals surface area contributed by atoms with Crippen LogP contribution in [0, 0.1) is 12.7 Å². The van der Waals surface area contributed by atoms with E-state index >= 15 is 0 Å². The Hall–Kier alpha value is -3.09. The maximum absolute atomic E-state index is 13.7. The Morgan fingerprint density at radius 3 is 2.67 bits per heavy atom. The first-order valence-corrected chi connectivity index (χ1v) is 7.32. The van der Waals surface area contributed by atoms with Crippen molar-refractivity contribution in [3.63, 3.8) is 0 Å². The first kappa shape index (κ1) is 17.3. The molecule has 1 aromatic heterocycles. The molecule has 0 aliphatic heterocycles. The molecule has 7 heteroatoms. The average Bonchev–Trinajstić information content (AvgIpc) is 2.58. The van der Waals surface area contributed by atoms with Crippen LogP contribution in [0.1, 0.15) is 28.7 Å².